The molecule has 0 spiro atoms. The van der Waals surface area contributed by atoms with Crippen LogP contribution in [0.5, 0.6) is 0 Å². The molecule has 0 saturated carbocycles. The molecule has 1 aliphatic heterocycles. The average molecular weight is 231 g/mol. The van der Waals surface area contributed by atoms with Gasteiger partial charge in [0.15, 0.2) is 0 Å². The molecule has 0 aromatic rings. The minimum atomic E-state index is 0.329. The number of aliphatic hydroxyl groups is 1. The van der Waals surface area contributed by atoms with Gasteiger partial charge in [0.2, 0.25) is 0 Å². The zero-order valence-electron chi connectivity index (χ0n) is 10.0. The molecule has 90 valence electrons. The minimum absolute atomic E-state index is 0.329. The monoisotopic (exact) mass is 231 g/mol. The van der Waals surface area contributed by atoms with Crippen molar-refractivity contribution in [1.82, 2.24) is 5.32 Å². The van der Waals surface area contributed by atoms with Gasteiger partial charge >= 0.3 is 0 Å². The third kappa shape index (κ3) is 5.23. The summed E-state index contributed by atoms with van der Waals surface area (Å²) >= 11 is 2.09. The maximum absolute atomic E-state index is 8.90. The number of rotatable bonds is 6. The maximum atomic E-state index is 8.90. The number of hydrogen-bond acceptors (Lipinski definition) is 3. The Balaban J connectivity index is 2.03. The average Bonchev–Trinajstić information content (AvgIpc) is 2.26. The van der Waals surface area contributed by atoms with Crippen LogP contribution in [-0.2, 0) is 0 Å². The standard InChI is InChI=1S/C12H25NOS/c1-10(9-14)5-3-7-13-12-6-4-8-15-11(12)2/h10-14H,3-9H2,1-2H3. The summed E-state index contributed by atoms with van der Waals surface area (Å²) < 4.78 is 0. The molecule has 1 fully saturated rings. The first-order valence-electron chi connectivity index (χ1n) is 6.20. The Hall–Kier alpha value is 0.270. The molecule has 3 unspecified atom stereocenters. The van der Waals surface area contributed by atoms with Crippen molar-refractivity contribution < 1.29 is 5.11 Å². The van der Waals surface area contributed by atoms with Crippen LogP contribution in [0, 0.1) is 5.92 Å². The Kier molecular flexibility index (Phi) is 6.69. The van der Waals surface area contributed by atoms with Crippen LogP contribution >= 0.6 is 11.8 Å². The van der Waals surface area contributed by atoms with Crippen molar-refractivity contribution in [1.29, 1.82) is 0 Å². The Morgan fingerprint density at radius 3 is 3.00 bits per heavy atom. The lowest BCUT2D eigenvalue weighted by Gasteiger charge is -2.29. The van der Waals surface area contributed by atoms with E-state index in [9.17, 15) is 0 Å². The molecule has 0 aromatic carbocycles. The highest BCUT2D eigenvalue weighted by Gasteiger charge is 2.20. The predicted molar refractivity (Wildman–Crippen MR) is 68.4 cm³/mol. The van der Waals surface area contributed by atoms with Crippen molar-refractivity contribution in [2.75, 3.05) is 18.9 Å². The summed E-state index contributed by atoms with van der Waals surface area (Å²) in [5.74, 6) is 1.80. The van der Waals surface area contributed by atoms with Crippen LogP contribution in [0.4, 0.5) is 0 Å². The van der Waals surface area contributed by atoms with Crippen molar-refractivity contribution in [3.63, 3.8) is 0 Å². The quantitative estimate of drug-likeness (QED) is 0.688. The van der Waals surface area contributed by atoms with E-state index in [0.29, 0.717) is 18.6 Å². The summed E-state index contributed by atoms with van der Waals surface area (Å²) in [6.45, 7) is 5.88. The van der Waals surface area contributed by atoms with Crippen molar-refractivity contribution in [3.8, 4) is 0 Å². The van der Waals surface area contributed by atoms with Gasteiger partial charge in [0.25, 0.3) is 0 Å². The lowest BCUT2D eigenvalue weighted by Crippen LogP contribution is -2.39. The smallest absolute Gasteiger partial charge is 0.0456 e. The zero-order chi connectivity index (χ0) is 11.1. The van der Waals surface area contributed by atoms with E-state index in [4.69, 9.17) is 5.11 Å². The Morgan fingerprint density at radius 2 is 2.33 bits per heavy atom. The molecular weight excluding hydrogens is 206 g/mol. The summed E-state index contributed by atoms with van der Waals surface area (Å²) in [5.41, 5.74) is 0. The summed E-state index contributed by atoms with van der Waals surface area (Å²) in [5, 5.41) is 13.3. The Morgan fingerprint density at radius 1 is 1.53 bits per heavy atom. The minimum Gasteiger partial charge on any atom is -0.396 e. The zero-order valence-corrected chi connectivity index (χ0v) is 10.9. The fraction of sp³-hybridized carbons (Fsp3) is 1.00. The summed E-state index contributed by atoms with van der Waals surface area (Å²) in [4.78, 5) is 0. The van der Waals surface area contributed by atoms with Crippen LogP contribution in [0.25, 0.3) is 0 Å². The fourth-order valence-electron chi connectivity index (χ4n) is 2.02. The lowest BCUT2D eigenvalue weighted by molar-refractivity contribution is 0.227. The van der Waals surface area contributed by atoms with Gasteiger partial charge in [-0.3, -0.25) is 0 Å². The SMILES string of the molecule is CC(CO)CCCNC1CCCSC1C. The summed E-state index contributed by atoms with van der Waals surface area (Å²) in [7, 11) is 0. The summed E-state index contributed by atoms with van der Waals surface area (Å²) in [6.07, 6.45) is 5.02. The molecule has 1 aliphatic rings. The highest BCUT2D eigenvalue weighted by molar-refractivity contribution is 7.99. The number of thioether (sulfide) groups is 1. The first kappa shape index (κ1) is 13.3. The van der Waals surface area contributed by atoms with Crippen LogP contribution in [0.15, 0.2) is 0 Å². The molecule has 15 heavy (non-hydrogen) atoms. The van der Waals surface area contributed by atoms with E-state index in [1.54, 1.807) is 0 Å². The normalized spacial score (nSPS) is 29.0. The van der Waals surface area contributed by atoms with Crippen molar-refractivity contribution >= 4 is 11.8 Å². The van der Waals surface area contributed by atoms with Crippen LogP contribution in [0.3, 0.4) is 0 Å². The second kappa shape index (κ2) is 7.53. The van der Waals surface area contributed by atoms with Crippen LogP contribution < -0.4 is 5.32 Å². The van der Waals surface area contributed by atoms with E-state index in [-0.39, 0.29) is 0 Å². The van der Waals surface area contributed by atoms with Gasteiger partial charge in [-0.25, -0.2) is 0 Å². The van der Waals surface area contributed by atoms with Crippen LogP contribution in [0.2, 0.25) is 0 Å². The third-order valence-electron chi connectivity index (χ3n) is 3.20. The molecule has 0 aliphatic carbocycles. The Labute approximate surface area is 98.2 Å². The molecule has 0 amide bonds. The van der Waals surface area contributed by atoms with E-state index in [2.05, 4.69) is 30.9 Å². The molecule has 2 N–H and O–H groups in total. The first-order chi connectivity index (χ1) is 7.24. The number of hydrogen-bond donors (Lipinski definition) is 2. The largest absolute Gasteiger partial charge is 0.396 e. The molecule has 0 bridgehead atoms. The summed E-state index contributed by atoms with van der Waals surface area (Å²) in [6, 6.07) is 0.716. The van der Waals surface area contributed by atoms with Gasteiger partial charge in [0, 0.05) is 17.9 Å². The van der Waals surface area contributed by atoms with Gasteiger partial charge in [-0.2, -0.15) is 11.8 Å². The Bertz CT molecular complexity index is 166. The van der Waals surface area contributed by atoms with Gasteiger partial charge in [-0.1, -0.05) is 13.8 Å². The van der Waals surface area contributed by atoms with Crippen molar-refractivity contribution in [2.24, 2.45) is 5.92 Å². The first-order valence-corrected chi connectivity index (χ1v) is 7.24. The maximum Gasteiger partial charge on any atom is 0.0456 e. The van der Waals surface area contributed by atoms with Gasteiger partial charge in [-0.15, -0.1) is 0 Å². The van der Waals surface area contributed by atoms with Crippen molar-refractivity contribution in [2.45, 2.75) is 50.8 Å². The van der Waals surface area contributed by atoms with Gasteiger partial charge in [-0.05, 0) is 43.9 Å². The molecule has 1 saturated heterocycles. The topological polar surface area (TPSA) is 32.3 Å². The molecule has 3 atom stereocenters. The predicted octanol–water partition coefficient (Wildman–Crippen LogP) is 2.27. The highest BCUT2D eigenvalue weighted by Crippen LogP contribution is 2.24. The van der Waals surface area contributed by atoms with E-state index in [1.165, 1.54) is 25.0 Å². The molecule has 0 aromatic heterocycles. The van der Waals surface area contributed by atoms with E-state index in [0.717, 1.165) is 18.2 Å². The van der Waals surface area contributed by atoms with E-state index < -0.39 is 0 Å². The van der Waals surface area contributed by atoms with Crippen LogP contribution in [-0.4, -0.2) is 35.3 Å². The second-order valence-corrected chi connectivity index (χ2v) is 6.19. The van der Waals surface area contributed by atoms with E-state index in [1.807, 2.05) is 0 Å². The third-order valence-corrected chi connectivity index (χ3v) is 4.58. The van der Waals surface area contributed by atoms with Gasteiger partial charge in [0.05, 0.1) is 0 Å². The highest BCUT2D eigenvalue weighted by atomic mass is 32.2. The number of aliphatic hydroxyl groups excluding tert-OH is 1. The molecule has 2 nitrogen and oxygen atoms in total. The molecule has 1 heterocycles. The lowest BCUT2D eigenvalue weighted by atomic mass is 10.1. The van der Waals surface area contributed by atoms with Gasteiger partial charge in [0.1, 0.15) is 0 Å². The van der Waals surface area contributed by atoms with Crippen molar-refractivity contribution in [3.05, 3.63) is 0 Å². The molecule has 3 heteroatoms. The second-order valence-electron chi connectivity index (χ2n) is 4.71. The number of nitrogens with one attached hydrogen (secondary N) is 1. The van der Waals surface area contributed by atoms with Gasteiger partial charge < -0.3 is 10.4 Å². The fourth-order valence-corrected chi connectivity index (χ4v) is 3.19. The molecule has 0 radical (unpaired) electrons. The molecule has 1 rings (SSSR count). The van der Waals surface area contributed by atoms with E-state index >= 15 is 0 Å². The molecular formula is C12H25NOS. The van der Waals surface area contributed by atoms with Crippen LogP contribution in [0.1, 0.15) is 39.5 Å².